The Morgan fingerprint density at radius 3 is 2.69 bits per heavy atom. The molecule has 0 spiro atoms. The molecular formula is C19H16FN3O5S. The number of carboxylic acids is 1. The van der Waals surface area contributed by atoms with E-state index in [0.717, 1.165) is 16.7 Å². The van der Waals surface area contributed by atoms with Crippen LogP contribution in [-0.2, 0) is 19.1 Å². The van der Waals surface area contributed by atoms with Gasteiger partial charge in [0.05, 0.1) is 41.2 Å². The number of carbonyl (C=O) groups is 3. The van der Waals surface area contributed by atoms with Crippen LogP contribution < -0.4 is 5.73 Å². The Labute approximate surface area is 169 Å². The number of halogens is 1. The van der Waals surface area contributed by atoms with Crippen LogP contribution in [0.5, 0.6) is 0 Å². The lowest BCUT2D eigenvalue weighted by Gasteiger charge is -2.31. The van der Waals surface area contributed by atoms with Crippen molar-refractivity contribution in [3.8, 4) is 6.07 Å². The SMILES string of the molecule is CCOC(=O)C1=C(N)N2C(=O)C(CC(=O)O)SC2=C(C#N)C1c1ccccc1F. The number of fused-ring (bicyclic) bond motifs is 1. The van der Waals surface area contributed by atoms with E-state index in [0.29, 0.717) is 0 Å². The fourth-order valence-corrected chi connectivity index (χ4v) is 4.57. The molecular weight excluding hydrogens is 401 g/mol. The van der Waals surface area contributed by atoms with Gasteiger partial charge in [-0.05, 0) is 13.0 Å². The molecule has 2 atom stereocenters. The Balaban J connectivity index is 2.24. The first kappa shape index (κ1) is 20.4. The van der Waals surface area contributed by atoms with Crippen LogP contribution in [-0.4, -0.2) is 39.7 Å². The number of thioether (sulfide) groups is 1. The molecule has 2 aliphatic heterocycles. The van der Waals surface area contributed by atoms with Gasteiger partial charge in [-0.1, -0.05) is 30.0 Å². The Bertz CT molecular complexity index is 1010. The molecule has 2 heterocycles. The number of hydrogen-bond acceptors (Lipinski definition) is 7. The third-order valence-electron chi connectivity index (χ3n) is 4.47. The zero-order valence-corrected chi connectivity index (χ0v) is 16.0. The van der Waals surface area contributed by atoms with Crippen molar-refractivity contribution in [1.29, 1.82) is 5.26 Å². The fraction of sp³-hybridized carbons (Fsp3) is 0.263. The zero-order chi connectivity index (χ0) is 21.3. The van der Waals surface area contributed by atoms with E-state index in [-0.39, 0.29) is 34.2 Å². The number of rotatable bonds is 5. The lowest BCUT2D eigenvalue weighted by Crippen LogP contribution is -2.39. The van der Waals surface area contributed by atoms with Crippen LogP contribution in [0.1, 0.15) is 24.8 Å². The summed E-state index contributed by atoms with van der Waals surface area (Å²) < 4.78 is 19.6. The van der Waals surface area contributed by atoms with Crippen LogP contribution in [0, 0.1) is 17.1 Å². The molecule has 0 bridgehead atoms. The highest BCUT2D eigenvalue weighted by Crippen LogP contribution is 2.50. The van der Waals surface area contributed by atoms with E-state index in [2.05, 4.69) is 0 Å². The minimum Gasteiger partial charge on any atom is -0.481 e. The van der Waals surface area contributed by atoms with Crippen molar-refractivity contribution in [3.05, 3.63) is 57.6 Å². The lowest BCUT2D eigenvalue weighted by atomic mass is 9.82. The molecule has 1 saturated heterocycles. The Kier molecular flexibility index (Phi) is 5.61. The first-order chi connectivity index (χ1) is 13.8. The highest BCUT2D eigenvalue weighted by Gasteiger charge is 2.49. The van der Waals surface area contributed by atoms with Crippen LogP contribution in [0.3, 0.4) is 0 Å². The molecule has 2 aliphatic rings. The van der Waals surface area contributed by atoms with Crippen LogP contribution in [0.25, 0.3) is 0 Å². The zero-order valence-electron chi connectivity index (χ0n) is 15.2. The van der Waals surface area contributed by atoms with Gasteiger partial charge in [-0.3, -0.25) is 14.5 Å². The van der Waals surface area contributed by atoms with Crippen molar-refractivity contribution in [2.45, 2.75) is 24.5 Å². The predicted octanol–water partition coefficient (Wildman–Crippen LogP) is 1.81. The summed E-state index contributed by atoms with van der Waals surface area (Å²) in [6.45, 7) is 1.57. The number of ether oxygens (including phenoxy) is 1. The number of allylic oxidation sites excluding steroid dienone is 1. The van der Waals surface area contributed by atoms with Crippen molar-refractivity contribution in [2.24, 2.45) is 5.73 Å². The molecule has 8 nitrogen and oxygen atoms in total. The number of esters is 1. The Morgan fingerprint density at radius 2 is 2.10 bits per heavy atom. The molecule has 0 aliphatic carbocycles. The Morgan fingerprint density at radius 1 is 1.41 bits per heavy atom. The molecule has 0 saturated carbocycles. The molecule has 150 valence electrons. The first-order valence-electron chi connectivity index (χ1n) is 8.59. The summed E-state index contributed by atoms with van der Waals surface area (Å²) in [4.78, 5) is 37.5. The second kappa shape index (κ2) is 7.97. The molecule has 1 aromatic rings. The molecule has 29 heavy (non-hydrogen) atoms. The van der Waals surface area contributed by atoms with Crippen LogP contribution >= 0.6 is 11.8 Å². The van der Waals surface area contributed by atoms with Gasteiger partial charge in [-0.15, -0.1) is 0 Å². The van der Waals surface area contributed by atoms with Gasteiger partial charge in [0.25, 0.3) is 0 Å². The summed E-state index contributed by atoms with van der Waals surface area (Å²) in [6.07, 6.45) is -0.491. The smallest absolute Gasteiger partial charge is 0.338 e. The topological polar surface area (TPSA) is 134 Å². The second-order valence-electron chi connectivity index (χ2n) is 6.18. The molecule has 3 rings (SSSR count). The molecule has 1 fully saturated rings. The van der Waals surface area contributed by atoms with Gasteiger partial charge in [0.15, 0.2) is 0 Å². The minimum absolute atomic E-state index is 0.00238. The van der Waals surface area contributed by atoms with E-state index in [9.17, 15) is 24.0 Å². The van der Waals surface area contributed by atoms with Gasteiger partial charge >= 0.3 is 11.9 Å². The van der Waals surface area contributed by atoms with Crippen LogP contribution in [0.4, 0.5) is 4.39 Å². The van der Waals surface area contributed by atoms with E-state index < -0.39 is 41.3 Å². The maximum Gasteiger partial charge on any atom is 0.338 e. The first-order valence-corrected chi connectivity index (χ1v) is 9.47. The van der Waals surface area contributed by atoms with Gasteiger partial charge in [0.1, 0.15) is 16.9 Å². The molecule has 0 radical (unpaired) electrons. The van der Waals surface area contributed by atoms with Crippen molar-refractivity contribution in [3.63, 3.8) is 0 Å². The fourth-order valence-electron chi connectivity index (χ4n) is 3.28. The number of aliphatic carboxylic acids is 1. The predicted molar refractivity (Wildman–Crippen MR) is 100 cm³/mol. The molecule has 2 unspecified atom stereocenters. The van der Waals surface area contributed by atoms with Gasteiger partial charge in [-0.25, -0.2) is 9.18 Å². The number of carbonyl (C=O) groups excluding carboxylic acids is 2. The normalized spacial score (nSPS) is 21.1. The number of hydrogen-bond donors (Lipinski definition) is 2. The third kappa shape index (κ3) is 3.45. The van der Waals surface area contributed by atoms with Crippen LogP contribution in [0.2, 0.25) is 0 Å². The number of carboxylic acid groups (broad SMARTS) is 1. The van der Waals surface area contributed by atoms with Crippen LogP contribution in [0.15, 0.2) is 46.3 Å². The summed E-state index contributed by atoms with van der Waals surface area (Å²) in [6, 6.07) is 7.54. The summed E-state index contributed by atoms with van der Waals surface area (Å²) in [5.41, 5.74) is 5.85. The standard InChI is InChI=1S/C19H16FN3O5S/c1-2-28-19(27)15-14(9-5-3-4-6-11(9)20)10(8-21)18-23(16(15)22)17(26)12(29-18)7-13(24)25/h3-6,12,14H,2,7,22H2,1H3,(H,24,25). The largest absolute Gasteiger partial charge is 0.481 e. The van der Waals surface area contributed by atoms with E-state index in [4.69, 9.17) is 15.6 Å². The third-order valence-corrected chi connectivity index (χ3v) is 5.75. The maximum absolute atomic E-state index is 14.6. The van der Waals surface area contributed by atoms with E-state index in [1.54, 1.807) is 13.0 Å². The van der Waals surface area contributed by atoms with Gasteiger partial charge in [0.2, 0.25) is 5.91 Å². The second-order valence-corrected chi connectivity index (χ2v) is 7.37. The quantitative estimate of drug-likeness (QED) is 0.693. The van der Waals surface area contributed by atoms with Crippen molar-refractivity contribution in [1.82, 2.24) is 4.90 Å². The average molecular weight is 417 g/mol. The molecule has 10 heteroatoms. The minimum atomic E-state index is -1.20. The lowest BCUT2D eigenvalue weighted by molar-refractivity contribution is -0.140. The van der Waals surface area contributed by atoms with Gasteiger partial charge < -0.3 is 15.6 Å². The van der Waals surface area contributed by atoms with E-state index in [1.165, 1.54) is 18.2 Å². The number of nitrogens with two attached hydrogens (primary N) is 1. The summed E-state index contributed by atoms with van der Waals surface area (Å²) >= 11 is 0.863. The van der Waals surface area contributed by atoms with Crippen molar-refractivity contribution < 1.29 is 28.6 Å². The van der Waals surface area contributed by atoms with Gasteiger partial charge in [-0.2, -0.15) is 5.26 Å². The summed E-state index contributed by atoms with van der Waals surface area (Å²) in [7, 11) is 0. The summed E-state index contributed by atoms with van der Waals surface area (Å²) in [5, 5.41) is 18.0. The monoisotopic (exact) mass is 417 g/mol. The maximum atomic E-state index is 14.6. The number of benzene rings is 1. The highest BCUT2D eigenvalue weighted by molar-refractivity contribution is 8.04. The molecule has 0 aromatic heterocycles. The molecule has 1 amide bonds. The molecule has 3 N–H and O–H groups in total. The van der Waals surface area contributed by atoms with Crippen molar-refractivity contribution >= 4 is 29.6 Å². The van der Waals surface area contributed by atoms with Gasteiger partial charge in [0, 0.05) is 5.56 Å². The Hall–Kier alpha value is -3.32. The highest BCUT2D eigenvalue weighted by atomic mass is 32.2. The molecule has 1 aromatic carbocycles. The van der Waals surface area contributed by atoms with Crippen molar-refractivity contribution in [2.75, 3.05) is 6.61 Å². The number of amides is 1. The number of nitrogens with zero attached hydrogens (tertiary/aromatic N) is 2. The van der Waals surface area contributed by atoms with E-state index >= 15 is 0 Å². The van der Waals surface area contributed by atoms with E-state index in [1.807, 2.05) is 6.07 Å². The number of nitriles is 1. The average Bonchev–Trinajstić information content (AvgIpc) is 2.98. The summed E-state index contributed by atoms with van der Waals surface area (Å²) in [5.74, 6) is -4.89.